The molecule has 0 atom stereocenters. The lowest BCUT2D eigenvalue weighted by Crippen LogP contribution is -2.03. The van der Waals surface area contributed by atoms with E-state index in [1.165, 1.54) is 12.1 Å². The molecule has 0 aliphatic heterocycles. The number of nitrogens with zero attached hydrogens (tertiary/aromatic N) is 1. The van der Waals surface area contributed by atoms with Crippen LogP contribution in [0.25, 0.3) is 22.4 Å². The molecule has 2 heterocycles. The highest BCUT2D eigenvalue weighted by atomic mass is 19.4. The molecule has 0 spiro atoms. The van der Waals surface area contributed by atoms with E-state index in [0.717, 1.165) is 51.5 Å². The van der Waals surface area contributed by atoms with E-state index in [2.05, 4.69) is 9.97 Å². The predicted octanol–water partition coefficient (Wildman–Crippen LogP) is 6.96. The Morgan fingerprint density at radius 2 is 1.61 bits per heavy atom. The summed E-state index contributed by atoms with van der Waals surface area (Å²) >= 11 is 0. The van der Waals surface area contributed by atoms with Crippen LogP contribution in [0.1, 0.15) is 22.4 Å². The zero-order chi connectivity index (χ0) is 22.0. The van der Waals surface area contributed by atoms with Gasteiger partial charge in [0.05, 0.1) is 5.56 Å². The molecule has 0 fully saturated rings. The number of ether oxygens (including phenoxy) is 1. The van der Waals surface area contributed by atoms with E-state index in [-0.39, 0.29) is 0 Å². The highest BCUT2D eigenvalue weighted by Gasteiger charge is 2.30. The molecule has 0 aliphatic rings. The van der Waals surface area contributed by atoms with Gasteiger partial charge in [-0.2, -0.15) is 13.2 Å². The number of hydrogen-bond donors (Lipinski definition) is 1. The van der Waals surface area contributed by atoms with Crippen molar-refractivity contribution in [2.75, 3.05) is 0 Å². The van der Waals surface area contributed by atoms with Crippen LogP contribution in [-0.4, -0.2) is 9.97 Å². The minimum Gasteiger partial charge on any atom is -0.489 e. The second kappa shape index (κ2) is 8.30. The zero-order valence-electron chi connectivity index (χ0n) is 17.1. The lowest BCUT2D eigenvalue weighted by atomic mass is 10.0. The van der Waals surface area contributed by atoms with Gasteiger partial charge in [-0.1, -0.05) is 24.3 Å². The van der Waals surface area contributed by atoms with Crippen molar-refractivity contribution >= 4 is 0 Å². The van der Waals surface area contributed by atoms with Gasteiger partial charge in [-0.15, -0.1) is 0 Å². The van der Waals surface area contributed by atoms with Crippen molar-refractivity contribution in [2.24, 2.45) is 0 Å². The Kier molecular flexibility index (Phi) is 5.55. The van der Waals surface area contributed by atoms with Crippen LogP contribution in [0.2, 0.25) is 0 Å². The second-order valence-electron chi connectivity index (χ2n) is 7.45. The van der Waals surface area contributed by atoms with Gasteiger partial charge in [-0.25, -0.2) is 0 Å². The lowest BCUT2D eigenvalue weighted by molar-refractivity contribution is -0.137. The molecule has 0 amide bonds. The summed E-state index contributed by atoms with van der Waals surface area (Å²) in [5, 5.41) is 0. The number of aromatic amines is 1. The average Bonchev–Trinajstić information content (AvgIpc) is 3.24. The van der Waals surface area contributed by atoms with E-state index in [1.807, 2.05) is 62.6 Å². The fourth-order valence-electron chi connectivity index (χ4n) is 3.30. The van der Waals surface area contributed by atoms with Crippen molar-refractivity contribution in [3.8, 4) is 28.1 Å². The number of rotatable bonds is 5. The first kappa shape index (κ1) is 20.7. The molecular formula is C25H21F3N2O. The summed E-state index contributed by atoms with van der Waals surface area (Å²) in [4.78, 5) is 7.42. The Hall–Kier alpha value is -3.54. The largest absolute Gasteiger partial charge is 0.489 e. The molecule has 0 saturated heterocycles. The maximum absolute atomic E-state index is 12.8. The minimum absolute atomic E-state index is 0.440. The third-order valence-electron chi connectivity index (χ3n) is 5.08. The number of benzene rings is 2. The van der Waals surface area contributed by atoms with Gasteiger partial charge in [-0.3, -0.25) is 4.98 Å². The Morgan fingerprint density at radius 1 is 0.871 bits per heavy atom. The first-order valence-corrected chi connectivity index (χ1v) is 9.81. The van der Waals surface area contributed by atoms with Gasteiger partial charge >= 0.3 is 6.18 Å². The van der Waals surface area contributed by atoms with E-state index >= 15 is 0 Å². The summed E-state index contributed by atoms with van der Waals surface area (Å²) in [5.74, 6) is 0.794. The number of aryl methyl sites for hydroxylation is 2. The van der Waals surface area contributed by atoms with Gasteiger partial charge in [0, 0.05) is 29.3 Å². The lowest BCUT2D eigenvalue weighted by Gasteiger charge is -2.10. The molecule has 1 N–H and O–H groups in total. The quantitative estimate of drug-likeness (QED) is 0.378. The number of alkyl halides is 3. The van der Waals surface area contributed by atoms with Gasteiger partial charge in [0.2, 0.25) is 0 Å². The van der Waals surface area contributed by atoms with Crippen LogP contribution in [0.3, 0.4) is 0 Å². The molecule has 4 rings (SSSR count). The monoisotopic (exact) mass is 422 g/mol. The van der Waals surface area contributed by atoms with Crippen molar-refractivity contribution in [3.63, 3.8) is 0 Å². The van der Waals surface area contributed by atoms with Crippen LogP contribution < -0.4 is 4.74 Å². The molecule has 158 valence electrons. The molecule has 31 heavy (non-hydrogen) atoms. The topological polar surface area (TPSA) is 37.9 Å². The normalized spacial score (nSPS) is 11.5. The summed E-state index contributed by atoms with van der Waals surface area (Å²) in [6, 6.07) is 16.9. The number of hydrogen-bond acceptors (Lipinski definition) is 2. The minimum atomic E-state index is -4.34. The zero-order valence-corrected chi connectivity index (χ0v) is 17.1. The fraction of sp³-hybridized carbons (Fsp3) is 0.160. The number of H-pyrrole nitrogens is 1. The Bertz CT molecular complexity index is 1180. The van der Waals surface area contributed by atoms with Gasteiger partial charge in [0.15, 0.2) is 0 Å². The molecule has 0 radical (unpaired) electrons. The van der Waals surface area contributed by atoms with E-state index in [1.54, 1.807) is 0 Å². The van der Waals surface area contributed by atoms with Crippen molar-refractivity contribution in [3.05, 3.63) is 95.4 Å². The maximum Gasteiger partial charge on any atom is 0.416 e. The Balaban J connectivity index is 1.48. The molecule has 0 aliphatic carbocycles. The first-order chi connectivity index (χ1) is 14.8. The van der Waals surface area contributed by atoms with Crippen LogP contribution in [0, 0.1) is 13.8 Å². The van der Waals surface area contributed by atoms with E-state index in [9.17, 15) is 13.2 Å². The molecule has 0 bridgehead atoms. The van der Waals surface area contributed by atoms with Gasteiger partial charge in [0.1, 0.15) is 12.4 Å². The maximum atomic E-state index is 12.8. The summed E-state index contributed by atoms with van der Waals surface area (Å²) in [6.07, 6.45) is -0.682. The number of pyridine rings is 1. The molecule has 4 aromatic rings. The van der Waals surface area contributed by atoms with Crippen molar-refractivity contribution in [1.82, 2.24) is 9.97 Å². The number of aromatic nitrogens is 2. The molecule has 2 aromatic heterocycles. The molecule has 0 unspecified atom stereocenters. The summed E-state index contributed by atoms with van der Waals surface area (Å²) in [6.45, 7) is 4.36. The number of halogens is 3. The molecular weight excluding hydrogens is 401 g/mol. The summed E-state index contributed by atoms with van der Waals surface area (Å²) in [5.41, 5.74) is 5.71. The van der Waals surface area contributed by atoms with E-state index < -0.39 is 11.7 Å². The third-order valence-corrected chi connectivity index (χ3v) is 5.08. The fourth-order valence-corrected chi connectivity index (χ4v) is 3.30. The van der Waals surface area contributed by atoms with Gasteiger partial charge in [-0.05, 0) is 72.5 Å². The van der Waals surface area contributed by atoms with Crippen LogP contribution in [0.4, 0.5) is 13.2 Å². The van der Waals surface area contributed by atoms with Crippen molar-refractivity contribution in [2.45, 2.75) is 26.6 Å². The standard InChI is InChI=1S/C25H21F3N2O/c1-16-11-20(7-10-24(16)31-15-18-4-3-17(2)29-13-18)21-12-23(30-14-21)19-5-8-22(9-6-19)25(26,27)28/h3-14,30H,15H2,1-2H3. The highest BCUT2D eigenvalue weighted by Crippen LogP contribution is 2.33. The van der Waals surface area contributed by atoms with Gasteiger partial charge < -0.3 is 9.72 Å². The summed E-state index contributed by atoms with van der Waals surface area (Å²) < 4.78 is 44.2. The number of nitrogens with one attached hydrogen (secondary N) is 1. The van der Waals surface area contributed by atoms with Crippen LogP contribution in [0.15, 0.2) is 73.1 Å². The Morgan fingerprint density at radius 3 is 2.26 bits per heavy atom. The average molecular weight is 422 g/mol. The van der Waals surface area contributed by atoms with Crippen LogP contribution >= 0.6 is 0 Å². The van der Waals surface area contributed by atoms with Crippen LogP contribution in [0.5, 0.6) is 5.75 Å². The van der Waals surface area contributed by atoms with E-state index in [0.29, 0.717) is 12.2 Å². The summed E-state index contributed by atoms with van der Waals surface area (Å²) in [7, 11) is 0. The predicted molar refractivity (Wildman–Crippen MR) is 115 cm³/mol. The molecule has 6 heteroatoms. The molecule has 2 aromatic carbocycles. The SMILES string of the molecule is Cc1ccc(COc2ccc(-c3c[nH]c(-c4ccc(C(F)(F)F)cc4)c3)cc2C)cn1. The van der Waals surface area contributed by atoms with Crippen LogP contribution in [-0.2, 0) is 12.8 Å². The highest BCUT2D eigenvalue weighted by molar-refractivity contribution is 5.72. The first-order valence-electron chi connectivity index (χ1n) is 9.81. The Labute approximate surface area is 178 Å². The van der Waals surface area contributed by atoms with Crippen molar-refractivity contribution in [1.29, 1.82) is 0 Å². The molecule has 0 saturated carbocycles. The van der Waals surface area contributed by atoms with E-state index in [4.69, 9.17) is 4.74 Å². The smallest absolute Gasteiger partial charge is 0.416 e. The second-order valence-corrected chi connectivity index (χ2v) is 7.45. The third kappa shape index (κ3) is 4.79. The molecule has 3 nitrogen and oxygen atoms in total. The van der Waals surface area contributed by atoms with Crippen molar-refractivity contribution < 1.29 is 17.9 Å². The van der Waals surface area contributed by atoms with Gasteiger partial charge in [0.25, 0.3) is 0 Å².